The SMILES string of the molecule is C=CCOC(=O)[C@@H]1C(=O)C[C@](C)(O)[C@@H](C(=O)OCC=C)[C@H]1c1cccc(O)c1. The summed E-state index contributed by atoms with van der Waals surface area (Å²) in [6.07, 6.45) is 2.32. The first-order chi connectivity index (χ1) is 13.2. The maximum Gasteiger partial charge on any atom is 0.317 e. The van der Waals surface area contributed by atoms with Gasteiger partial charge in [0.1, 0.15) is 24.9 Å². The molecule has 1 saturated carbocycles. The zero-order valence-electron chi connectivity index (χ0n) is 15.7. The van der Waals surface area contributed by atoms with Crippen molar-refractivity contribution in [2.75, 3.05) is 13.2 Å². The molecular weight excluding hydrogens is 364 g/mol. The molecule has 1 aliphatic carbocycles. The first-order valence-corrected chi connectivity index (χ1v) is 8.82. The van der Waals surface area contributed by atoms with E-state index >= 15 is 0 Å². The number of aliphatic hydroxyl groups is 1. The van der Waals surface area contributed by atoms with E-state index in [4.69, 9.17) is 9.47 Å². The van der Waals surface area contributed by atoms with Crippen molar-refractivity contribution in [3.05, 3.63) is 55.1 Å². The van der Waals surface area contributed by atoms with Crippen LogP contribution in [0.5, 0.6) is 5.75 Å². The Morgan fingerprint density at radius 2 is 1.82 bits per heavy atom. The maximum absolute atomic E-state index is 12.8. The van der Waals surface area contributed by atoms with Crippen molar-refractivity contribution in [1.82, 2.24) is 0 Å². The molecule has 0 aromatic heterocycles. The Labute approximate surface area is 163 Å². The molecule has 1 aromatic rings. The normalized spacial score (nSPS) is 26.9. The lowest BCUT2D eigenvalue weighted by molar-refractivity contribution is -0.172. The molecule has 4 atom stereocenters. The summed E-state index contributed by atoms with van der Waals surface area (Å²) < 4.78 is 10.2. The van der Waals surface area contributed by atoms with Gasteiger partial charge in [0.2, 0.25) is 0 Å². The van der Waals surface area contributed by atoms with Crippen molar-refractivity contribution in [3.63, 3.8) is 0 Å². The molecule has 0 heterocycles. The zero-order chi connectivity index (χ0) is 20.9. The van der Waals surface area contributed by atoms with Gasteiger partial charge in [-0.1, -0.05) is 37.4 Å². The van der Waals surface area contributed by atoms with Crippen molar-refractivity contribution in [1.29, 1.82) is 0 Å². The Hall–Kier alpha value is -2.93. The van der Waals surface area contributed by atoms with Crippen LogP contribution in [0, 0.1) is 11.8 Å². The highest BCUT2D eigenvalue weighted by Gasteiger charge is 2.57. The molecule has 0 amide bonds. The average Bonchev–Trinajstić information content (AvgIpc) is 2.62. The molecule has 150 valence electrons. The first-order valence-electron chi connectivity index (χ1n) is 8.82. The summed E-state index contributed by atoms with van der Waals surface area (Å²) in [6.45, 7) is 8.12. The maximum atomic E-state index is 12.8. The lowest BCUT2D eigenvalue weighted by atomic mass is 9.61. The minimum atomic E-state index is -1.75. The second-order valence-corrected chi connectivity index (χ2v) is 6.91. The van der Waals surface area contributed by atoms with Gasteiger partial charge in [0, 0.05) is 12.3 Å². The van der Waals surface area contributed by atoms with Crippen LogP contribution in [-0.2, 0) is 23.9 Å². The van der Waals surface area contributed by atoms with Crippen LogP contribution in [0.1, 0.15) is 24.8 Å². The molecule has 28 heavy (non-hydrogen) atoms. The van der Waals surface area contributed by atoms with Crippen LogP contribution < -0.4 is 0 Å². The van der Waals surface area contributed by atoms with Gasteiger partial charge in [0.15, 0.2) is 5.78 Å². The lowest BCUT2D eigenvalue weighted by Crippen LogP contribution is -2.55. The van der Waals surface area contributed by atoms with E-state index in [0.29, 0.717) is 5.56 Å². The summed E-state index contributed by atoms with van der Waals surface area (Å²) in [6, 6.07) is 5.86. The fourth-order valence-corrected chi connectivity index (χ4v) is 3.61. The standard InChI is InChI=1S/C21H24O7/c1-4-9-27-19(24)17-15(23)12-21(3,26)18(20(25)28-10-5-2)16(17)13-7-6-8-14(22)11-13/h4-8,11,16-18,22,26H,1-2,9-10,12H2,3H3/t16-,17+,18+,21-/m0/s1. The smallest absolute Gasteiger partial charge is 0.317 e. The number of Topliss-reactive ketones (excluding diaryl/α,β-unsaturated/α-hetero) is 1. The molecule has 0 spiro atoms. The minimum Gasteiger partial charge on any atom is -0.508 e. The van der Waals surface area contributed by atoms with Gasteiger partial charge in [-0.25, -0.2) is 0 Å². The largest absolute Gasteiger partial charge is 0.508 e. The van der Waals surface area contributed by atoms with Crippen LogP contribution in [0.25, 0.3) is 0 Å². The molecule has 2 rings (SSSR count). The number of rotatable bonds is 7. The van der Waals surface area contributed by atoms with Gasteiger partial charge in [-0.15, -0.1) is 0 Å². The van der Waals surface area contributed by atoms with Crippen LogP contribution in [0.3, 0.4) is 0 Å². The van der Waals surface area contributed by atoms with Gasteiger partial charge in [0.05, 0.1) is 11.5 Å². The fraction of sp³-hybridized carbons (Fsp3) is 0.381. The molecule has 1 fully saturated rings. The van der Waals surface area contributed by atoms with Gasteiger partial charge >= 0.3 is 11.9 Å². The summed E-state index contributed by atoms with van der Waals surface area (Å²) >= 11 is 0. The Bertz CT molecular complexity index is 781. The Morgan fingerprint density at radius 3 is 2.39 bits per heavy atom. The third kappa shape index (κ3) is 4.48. The number of benzene rings is 1. The van der Waals surface area contributed by atoms with Gasteiger partial charge in [-0.05, 0) is 24.6 Å². The number of esters is 2. The van der Waals surface area contributed by atoms with Gasteiger partial charge in [-0.2, -0.15) is 0 Å². The number of hydrogen-bond donors (Lipinski definition) is 2. The van der Waals surface area contributed by atoms with Crippen LogP contribution in [-0.4, -0.2) is 46.7 Å². The molecule has 0 unspecified atom stereocenters. The monoisotopic (exact) mass is 388 g/mol. The Balaban J connectivity index is 2.58. The second-order valence-electron chi connectivity index (χ2n) is 6.91. The molecular formula is C21H24O7. The third-order valence-electron chi connectivity index (χ3n) is 4.72. The van der Waals surface area contributed by atoms with E-state index in [0.717, 1.165) is 0 Å². The van der Waals surface area contributed by atoms with E-state index in [-0.39, 0.29) is 19.0 Å². The summed E-state index contributed by atoms with van der Waals surface area (Å²) in [5.74, 6) is -5.89. The van der Waals surface area contributed by atoms with Crippen molar-refractivity contribution >= 4 is 17.7 Å². The second kappa shape index (κ2) is 8.84. The van der Waals surface area contributed by atoms with E-state index in [2.05, 4.69) is 13.2 Å². The van der Waals surface area contributed by atoms with E-state index in [9.17, 15) is 24.6 Å². The highest BCUT2D eigenvalue weighted by molar-refractivity contribution is 6.02. The summed E-state index contributed by atoms with van der Waals surface area (Å²) in [4.78, 5) is 38.1. The van der Waals surface area contributed by atoms with Crippen molar-refractivity contribution in [2.45, 2.75) is 24.9 Å². The summed E-state index contributed by atoms with van der Waals surface area (Å²) in [5.41, 5.74) is -1.41. The molecule has 0 saturated heterocycles. The number of phenolic OH excluding ortho intramolecular Hbond substituents is 1. The number of ether oxygens (including phenoxy) is 2. The number of carbonyl (C=O) groups is 3. The predicted molar refractivity (Wildman–Crippen MR) is 100 cm³/mol. The molecule has 2 N–H and O–H groups in total. The molecule has 7 heteroatoms. The van der Waals surface area contributed by atoms with Crippen molar-refractivity contribution in [3.8, 4) is 5.75 Å². The lowest BCUT2D eigenvalue weighted by Gasteiger charge is -2.43. The number of carbonyl (C=O) groups excluding carboxylic acids is 3. The molecule has 0 aliphatic heterocycles. The number of aromatic hydroxyl groups is 1. The minimum absolute atomic E-state index is 0.0856. The summed E-state index contributed by atoms with van der Waals surface area (Å²) in [5, 5.41) is 20.7. The van der Waals surface area contributed by atoms with Gasteiger partial charge < -0.3 is 19.7 Å². The third-order valence-corrected chi connectivity index (χ3v) is 4.72. The number of ketones is 1. The van der Waals surface area contributed by atoms with Gasteiger partial charge in [0.25, 0.3) is 0 Å². The van der Waals surface area contributed by atoms with Crippen LogP contribution in [0.15, 0.2) is 49.6 Å². The Kier molecular flexibility index (Phi) is 6.75. The topological polar surface area (TPSA) is 110 Å². The zero-order valence-corrected chi connectivity index (χ0v) is 15.7. The quantitative estimate of drug-likeness (QED) is 0.417. The highest BCUT2D eigenvalue weighted by Crippen LogP contribution is 2.47. The van der Waals surface area contributed by atoms with Crippen LogP contribution >= 0.6 is 0 Å². The molecule has 1 aromatic carbocycles. The molecule has 7 nitrogen and oxygen atoms in total. The van der Waals surface area contributed by atoms with Gasteiger partial charge in [-0.3, -0.25) is 14.4 Å². The van der Waals surface area contributed by atoms with E-state index in [1.54, 1.807) is 6.07 Å². The van der Waals surface area contributed by atoms with Crippen molar-refractivity contribution < 1.29 is 34.1 Å². The van der Waals surface area contributed by atoms with E-state index in [1.165, 1.54) is 37.3 Å². The predicted octanol–water partition coefficient (Wildman–Crippen LogP) is 1.89. The average molecular weight is 388 g/mol. The molecule has 0 radical (unpaired) electrons. The first kappa shape index (κ1) is 21.4. The Morgan fingerprint density at radius 1 is 1.21 bits per heavy atom. The molecule has 0 bridgehead atoms. The number of phenols is 1. The van der Waals surface area contributed by atoms with E-state index in [1.807, 2.05) is 0 Å². The summed E-state index contributed by atoms with van der Waals surface area (Å²) in [7, 11) is 0. The van der Waals surface area contributed by atoms with E-state index < -0.39 is 47.5 Å². The van der Waals surface area contributed by atoms with Crippen LogP contribution in [0.4, 0.5) is 0 Å². The highest BCUT2D eigenvalue weighted by atomic mass is 16.5. The van der Waals surface area contributed by atoms with Crippen LogP contribution in [0.2, 0.25) is 0 Å². The van der Waals surface area contributed by atoms with Crippen molar-refractivity contribution in [2.24, 2.45) is 11.8 Å². The molecule has 1 aliphatic rings. The number of hydrogen-bond acceptors (Lipinski definition) is 7. The fourth-order valence-electron chi connectivity index (χ4n) is 3.61.